The fraction of sp³-hybridized carbons (Fsp3) is 0.0938. The molecule has 1 saturated heterocycles. The Hall–Kier alpha value is -4.66. The molecule has 0 spiro atoms. The molecule has 9 heteroatoms. The van der Waals surface area contributed by atoms with Crippen LogP contribution in [0.3, 0.4) is 0 Å². The molecule has 41 heavy (non-hydrogen) atoms. The number of thiazole rings is 1. The number of nitrogens with zero attached hydrogens (tertiary/aromatic N) is 2. The summed E-state index contributed by atoms with van der Waals surface area (Å²) in [7, 11) is 1.54. The lowest BCUT2D eigenvalue weighted by atomic mass is 9.95. The van der Waals surface area contributed by atoms with Crippen molar-refractivity contribution in [2.75, 3.05) is 12.0 Å². The van der Waals surface area contributed by atoms with Gasteiger partial charge in [-0.25, -0.2) is 4.98 Å². The number of halogens is 1. The van der Waals surface area contributed by atoms with Gasteiger partial charge in [-0.1, -0.05) is 65.4 Å². The lowest BCUT2D eigenvalue weighted by Crippen LogP contribution is -2.29. The summed E-state index contributed by atoms with van der Waals surface area (Å²) in [5.74, 6) is -0.645. The largest absolute Gasteiger partial charge is 0.507 e. The smallest absolute Gasteiger partial charge is 0.301 e. The zero-order chi connectivity index (χ0) is 28.5. The number of anilines is 1. The number of carbonyl (C=O) groups excluding carboxylic acids is 2. The first-order valence-electron chi connectivity index (χ1n) is 12.7. The minimum Gasteiger partial charge on any atom is -0.507 e. The van der Waals surface area contributed by atoms with E-state index in [-0.39, 0.29) is 11.3 Å². The molecule has 1 atom stereocenters. The van der Waals surface area contributed by atoms with Crippen LogP contribution in [0.2, 0.25) is 5.02 Å². The van der Waals surface area contributed by atoms with Gasteiger partial charge in [-0.15, -0.1) is 0 Å². The van der Waals surface area contributed by atoms with E-state index in [9.17, 15) is 14.7 Å². The number of amides is 1. The molecule has 6 rings (SSSR count). The number of ether oxygens (including phenoxy) is 2. The standard InChI is InChI=1S/C32H23ClN2O5S/c1-39-23-12-9-21(10-13-23)29(36)27-28(20-7-14-24(15-8-20)40-18-19-5-3-2-4-6-19)35(31(38)30(27)37)32-34-25-16-11-22(33)17-26(25)41-32/h2-17,28,36H,18H2,1H3. The summed E-state index contributed by atoms with van der Waals surface area (Å²) >= 11 is 7.43. The van der Waals surface area contributed by atoms with Crippen LogP contribution in [0.5, 0.6) is 11.5 Å². The van der Waals surface area contributed by atoms with Crippen molar-refractivity contribution in [2.24, 2.45) is 0 Å². The van der Waals surface area contributed by atoms with Crippen LogP contribution in [0, 0.1) is 0 Å². The molecule has 1 aliphatic rings. The number of Topliss-reactive ketones (excluding diaryl/α,β-unsaturated/α-hetero) is 1. The van der Waals surface area contributed by atoms with Gasteiger partial charge in [0.2, 0.25) is 0 Å². The molecule has 204 valence electrons. The molecule has 1 N–H and O–H groups in total. The minimum absolute atomic E-state index is 0.0320. The molecule has 2 heterocycles. The van der Waals surface area contributed by atoms with Crippen LogP contribution in [0.1, 0.15) is 22.7 Å². The van der Waals surface area contributed by atoms with E-state index in [4.69, 9.17) is 21.1 Å². The molecule has 1 unspecified atom stereocenters. The van der Waals surface area contributed by atoms with Crippen LogP contribution in [-0.2, 0) is 16.2 Å². The number of ketones is 1. The van der Waals surface area contributed by atoms with Crippen molar-refractivity contribution < 1.29 is 24.2 Å². The molecule has 5 aromatic rings. The zero-order valence-corrected chi connectivity index (χ0v) is 23.4. The normalized spacial score (nSPS) is 16.3. The topological polar surface area (TPSA) is 89.0 Å². The van der Waals surface area contributed by atoms with E-state index in [0.29, 0.717) is 44.9 Å². The van der Waals surface area contributed by atoms with Gasteiger partial charge in [-0.05, 0) is 65.7 Å². The predicted molar refractivity (Wildman–Crippen MR) is 160 cm³/mol. The van der Waals surface area contributed by atoms with Crippen LogP contribution in [-0.4, -0.2) is 28.9 Å². The number of aliphatic hydroxyl groups is 1. The van der Waals surface area contributed by atoms with Crippen molar-refractivity contribution in [3.63, 3.8) is 0 Å². The van der Waals surface area contributed by atoms with Gasteiger partial charge in [0.15, 0.2) is 5.13 Å². The van der Waals surface area contributed by atoms with Gasteiger partial charge in [-0.3, -0.25) is 14.5 Å². The minimum atomic E-state index is -0.920. The van der Waals surface area contributed by atoms with E-state index in [0.717, 1.165) is 10.3 Å². The van der Waals surface area contributed by atoms with Gasteiger partial charge >= 0.3 is 5.91 Å². The summed E-state index contributed by atoms with van der Waals surface area (Å²) in [6, 6.07) is 27.9. The molecule has 0 aliphatic carbocycles. The van der Waals surface area contributed by atoms with E-state index >= 15 is 0 Å². The first-order chi connectivity index (χ1) is 19.9. The number of rotatable bonds is 7. The SMILES string of the molecule is COc1ccc(C(O)=C2C(=O)C(=O)N(c3nc4ccc(Cl)cc4s3)C2c2ccc(OCc3ccccc3)cc2)cc1. The van der Waals surface area contributed by atoms with E-state index in [1.54, 1.807) is 73.8 Å². The van der Waals surface area contributed by atoms with Crippen LogP contribution in [0.4, 0.5) is 5.13 Å². The average Bonchev–Trinajstić information content (AvgIpc) is 3.53. The number of methoxy groups -OCH3 is 1. The first kappa shape index (κ1) is 26.6. The Morgan fingerprint density at radius 1 is 0.951 bits per heavy atom. The quantitative estimate of drug-likeness (QED) is 0.124. The summed E-state index contributed by atoms with van der Waals surface area (Å²) in [5.41, 5.74) is 2.64. The van der Waals surface area contributed by atoms with Crippen molar-refractivity contribution in [3.05, 3.63) is 124 Å². The summed E-state index contributed by atoms with van der Waals surface area (Å²) in [6.07, 6.45) is 0. The van der Waals surface area contributed by atoms with Crippen LogP contribution < -0.4 is 14.4 Å². The molecule has 4 aromatic carbocycles. The lowest BCUT2D eigenvalue weighted by Gasteiger charge is -2.23. The molecule has 1 aromatic heterocycles. The number of hydrogen-bond acceptors (Lipinski definition) is 7. The highest BCUT2D eigenvalue weighted by molar-refractivity contribution is 7.22. The molecule has 1 amide bonds. The maximum atomic E-state index is 13.5. The molecule has 0 saturated carbocycles. The van der Waals surface area contributed by atoms with Crippen LogP contribution in [0.25, 0.3) is 16.0 Å². The summed E-state index contributed by atoms with van der Waals surface area (Å²) in [5, 5.41) is 12.3. The number of benzene rings is 4. The molecular weight excluding hydrogens is 560 g/mol. The Kier molecular flexibility index (Phi) is 7.17. The number of carbonyl (C=O) groups is 2. The molecule has 0 bridgehead atoms. The third-order valence-corrected chi connectivity index (χ3v) is 8.05. The second-order valence-electron chi connectivity index (χ2n) is 9.35. The van der Waals surface area contributed by atoms with Crippen molar-refractivity contribution in [3.8, 4) is 11.5 Å². The summed E-state index contributed by atoms with van der Waals surface area (Å²) in [4.78, 5) is 33.0. The predicted octanol–water partition coefficient (Wildman–Crippen LogP) is 7.16. The molecule has 7 nitrogen and oxygen atoms in total. The van der Waals surface area contributed by atoms with Crippen LogP contribution >= 0.6 is 22.9 Å². The number of fused-ring (bicyclic) bond motifs is 1. The lowest BCUT2D eigenvalue weighted by molar-refractivity contribution is -0.132. The van der Waals surface area contributed by atoms with E-state index in [2.05, 4.69) is 4.98 Å². The maximum Gasteiger partial charge on any atom is 0.301 e. The highest BCUT2D eigenvalue weighted by atomic mass is 35.5. The van der Waals surface area contributed by atoms with Crippen molar-refractivity contribution >= 4 is 55.7 Å². The van der Waals surface area contributed by atoms with E-state index in [1.807, 2.05) is 30.3 Å². The molecule has 0 radical (unpaired) electrons. The highest BCUT2D eigenvalue weighted by Gasteiger charge is 2.48. The summed E-state index contributed by atoms with van der Waals surface area (Å²) < 4.78 is 11.9. The Labute approximate surface area is 244 Å². The van der Waals surface area contributed by atoms with Gasteiger partial charge in [0.1, 0.15) is 23.9 Å². The van der Waals surface area contributed by atoms with E-state index < -0.39 is 17.7 Å². The van der Waals surface area contributed by atoms with E-state index in [1.165, 1.54) is 16.2 Å². The fourth-order valence-corrected chi connectivity index (χ4v) is 5.99. The second-order valence-corrected chi connectivity index (χ2v) is 10.8. The molecule has 1 fully saturated rings. The zero-order valence-electron chi connectivity index (χ0n) is 21.8. The van der Waals surface area contributed by atoms with Crippen molar-refractivity contribution in [2.45, 2.75) is 12.6 Å². The van der Waals surface area contributed by atoms with Gasteiger partial charge in [0.05, 0.1) is 28.9 Å². The maximum absolute atomic E-state index is 13.5. The summed E-state index contributed by atoms with van der Waals surface area (Å²) in [6.45, 7) is 0.393. The van der Waals surface area contributed by atoms with Gasteiger partial charge in [0, 0.05) is 10.6 Å². The average molecular weight is 583 g/mol. The first-order valence-corrected chi connectivity index (χ1v) is 13.9. The monoisotopic (exact) mass is 582 g/mol. The Balaban J connectivity index is 1.42. The van der Waals surface area contributed by atoms with Gasteiger partial charge < -0.3 is 14.6 Å². The van der Waals surface area contributed by atoms with Gasteiger partial charge in [0.25, 0.3) is 5.78 Å². The Morgan fingerprint density at radius 2 is 1.66 bits per heavy atom. The third-order valence-electron chi connectivity index (χ3n) is 6.80. The number of hydrogen-bond donors (Lipinski definition) is 1. The van der Waals surface area contributed by atoms with Crippen LogP contribution in [0.15, 0.2) is 103 Å². The van der Waals surface area contributed by atoms with Crippen molar-refractivity contribution in [1.82, 2.24) is 4.98 Å². The Bertz CT molecular complexity index is 1780. The fourth-order valence-electron chi connectivity index (χ4n) is 4.73. The van der Waals surface area contributed by atoms with Gasteiger partial charge in [-0.2, -0.15) is 0 Å². The Morgan fingerprint density at radius 3 is 2.37 bits per heavy atom. The number of aromatic nitrogens is 1. The third kappa shape index (κ3) is 5.15. The highest BCUT2D eigenvalue weighted by Crippen LogP contribution is 2.45. The second kappa shape index (κ2) is 11.1. The molecular formula is C32H23ClN2O5S. The number of aliphatic hydroxyl groups excluding tert-OH is 1. The molecule has 1 aliphatic heterocycles. The van der Waals surface area contributed by atoms with Crippen molar-refractivity contribution in [1.29, 1.82) is 0 Å².